The van der Waals surface area contributed by atoms with Gasteiger partial charge in [-0.3, -0.25) is 4.79 Å². The van der Waals surface area contributed by atoms with Crippen molar-refractivity contribution >= 4 is 5.97 Å². The van der Waals surface area contributed by atoms with Gasteiger partial charge in [0.05, 0.1) is 12.5 Å². The molecular formula is C14H28O4. The van der Waals surface area contributed by atoms with Gasteiger partial charge >= 0.3 is 5.97 Å². The lowest BCUT2D eigenvalue weighted by atomic mass is 9.99. The molecule has 2 N–H and O–H groups in total. The van der Waals surface area contributed by atoms with E-state index in [1.807, 2.05) is 6.92 Å². The van der Waals surface area contributed by atoms with E-state index in [2.05, 4.69) is 6.92 Å². The van der Waals surface area contributed by atoms with Crippen LogP contribution in [0.25, 0.3) is 0 Å². The Labute approximate surface area is 110 Å². The molecule has 0 aliphatic heterocycles. The predicted octanol–water partition coefficient (Wildman–Crippen LogP) is 2.13. The predicted molar refractivity (Wildman–Crippen MR) is 71.2 cm³/mol. The highest BCUT2D eigenvalue weighted by atomic mass is 16.5. The Hall–Kier alpha value is -0.610. The third kappa shape index (κ3) is 7.67. The third-order valence-electron chi connectivity index (χ3n) is 3.30. The molecule has 0 aromatic heterocycles. The number of carbonyl (C=O) groups is 1. The normalized spacial score (nSPS) is 14.2. The highest BCUT2D eigenvalue weighted by Gasteiger charge is 2.17. The van der Waals surface area contributed by atoms with Crippen molar-refractivity contribution in [2.75, 3.05) is 19.8 Å². The number of esters is 1. The van der Waals surface area contributed by atoms with Gasteiger partial charge in [0.2, 0.25) is 0 Å². The summed E-state index contributed by atoms with van der Waals surface area (Å²) in [5.74, 6) is -0.0828. The zero-order chi connectivity index (χ0) is 13.8. The summed E-state index contributed by atoms with van der Waals surface area (Å²) in [7, 11) is 0. The Morgan fingerprint density at radius 2 is 1.89 bits per heavy atom. The molecule has 0 radical (unpaired) electrons. The highest BCUT2D eigenvalue weighted by Crippen LogP contribution is 2.15. The number of hydrogen-bond acceptors (Lipinski definition) is 4. The number of ether oxygens (including phenoxy) is 1. The number of carbonyl (C=O) groups excluding carboxylic acids is 1. The molecule has 0 aliphatic carbocycles. The molecule has 18 heavy (non-hydrogen) atoms. The van der Waals surface area contributed by atoms with E-state index in [0.29, 0.717) is 19.4 Å². The largest absolute Gasteiger partial charge is 0.465 e. The Kier molecular flexibility index (Phi) is 11.1. The van der Waals surface area contributed by atoms with E-state index in [9.17, 15) is 4.79 Å². The van der Waals surface area contributed by atoms with Crippen molar-refractivity contribution in [3.63, 3.8) is 0 Å². The van der Waals surface area contributed by atoms with Crippen LogP contribution in [0.3, 0.4) is 0 Å². The molecule has 2 atom stereocenters. The maximum Gasteiger partial charge on any atom is 0.308 e. The molecule has 0 spiro atoms. The maximum atomic E-state index is 11.8. The summed E-state index contributed by atoms with van der Waals surface area (Å²) in [6.45, 7) is 4.55. The number of unbranched alkanes of at least 4 members (excludes halogenated alkanes) is 1. The van der Waals surface area contributed by atoms with Gasteiger partial charge in [-0.05, 0) is 31.6 Å². The van der Waals surface area contributed by atoms with Crippen LogP contribution in [0.5, 0.6) is 0 Å². The molecule has 0 aromatic carbocycles. The van der Waals surface area contributed by atoms with Gasteiger partial charge in [0, 0.05) is 13.2 Å². The van der Waals surface area contributed by atoms with Crippen molar-refractivity contribution in [3.8, 4) is 0 Å². The van der Waals surface area contributed by atoms with E-state index in [-0.39, 0.29) is 31.0 Å². The van der Waals surface area contributed by atoms with E-state index in [0.717, 1.165) is 25.7 Å². The van der Waals surface area contributed by atoms with Crippen LogP contribution < -0.4 is 0 Å². The van der Waals surface area contributed by atoms with Crippen molar-refractivity contribution in [1.82, 2.24) is 0 Å². The summed E-state index contributed by atoms with van der Waals surface area (Å²) in [5.41, 5.74) is 0. The van der Waals surface area contributed by atoms with Crippen LogP contribution in [0.1, 0.15) is 52.4 Å². The van der Waals surface area contributed by atoms with Crippen LogP contribution in [-0.4, -0.2) is 36.0 Å². The van der Waals surface area contributed by atoms with Gasteiger partial charge in [-0.1, -0.05) is 26.7 Å². The summed E-state index contributed by atoms with van der Waals surface area (Å²) in [4.78, 5) is 11.8. The Bertz CT molecular complexity index is 206. The lowest BCUT2D eigenvalue weighted by Gasteiger charge is -2.16. The zero-order valence-corrected chi connectivity index (χ0v) is 11.7. The van der Waals surface area contributed by atoms with Gasteiger partial charge in [-0.2, -0.15) is 0 Å². The number of hydrogen-bond donors (Lipinski definition) is 2. The lowest BCUT2D eigenvalue weighted by molar-refractivity contribution is -0.149. The maximum absolute atomic E-state index is 11.8. The minimum atomic E-state index is -0.119. The molecule has 0 rings (SSSR count). The molecule has 0 amide bonds. The van der Waals surface area contributed by atoms with E-state index >= 15 is 0 Å². The molecule has 4 nitrogen and oxygen atoms in total. The first-order chi connectivity index (χ1) is 8.69. The van der Waals surface area contributed by atoms with E-state index < -0.39 is 0 Å². The first-order valence-corrected chi connectivity index (χ1v) is 7.07. The van der Waals surface area contributed by atoms with E-state index in [1.54, 1.807) is 0 Å². The van der Waals surface area contributed by atoms with Crippen LogP contribution in [0.4, 0.5) is 0 Å². The van der Waals surface area contributed by atoms with Gasteiger partial charge < -0.3 is 14.9 Å². The number of aliphatic hydroxyl groups excluding tert-OH is 2. The summed E-state index contributed by atoms with van der Waals surface area (Å²) >= 11 is 0. The molecule has 0 saturated heterocycles. The molecule has 0 saturated carbocycles. The molecule has 0 aromatic rings. The van der Waals surface area contributed by atoms with Crippen molar-refractivity contribution < 1.29 is 19.7 Å². The van der Waals surface area contributed by atoms with Gasteiger partial charge in [0.15, 0.2) is 0 Å². The fourth-order valence-corrected chi connectivity index (χ4v) is 1.89. The molecule has 0 aliphatic rings. The Balaban J connectivity index is 3.85. The average Bonchev–Trinajstić information content (AvgIpc) is 2.38. The summed E-state index contributed by atoms with van der Waals surface area (Å²) in [6, 6.07) is 0. The first-order valence-electron chi connectivity index (χ1n) is 7.07. The third-order valence-corrected chi connectivity index (χ3v) is 3.30. The van der Waals surface area contributed by atoms with Crippen LogP contribution >= 0.6 is 0 Å². The van der Waals surface area contributed by atoms with Crippen molar-refractivity contribution in [1.29, 1.82) is 0 Å². The Morgan fingerprint density at radius 1 is 1.17 bits per heavy atom. The van der Waals surface area contributed by atoms with E-state index in [1.165, 1.54) is 0 Å². The van der Waals surface area contributed by atoms with Crippen molar-refractivity contribution in [2.24, 2.45) is 11.8 Å². The lowest BCUT2D eigenvalue weighted by Crippen LogP contribution is -2.20. The number of aliphatic hydroxyl groups is 2. The minimum absolute atomic E-state index is 0.00960. The van der Waals surface area contributed by atoms with E-state index in [4.69, 9.17) is 14.9 Å². The smallest absolute Gasteiger partial charge is 0.308 e. The second-order valence-corrected chi connectivity index (χ2v) is 4.76. The molecular weight excluding hydrogens is 232 g/mol. The minimum Gasteiger partial charge on any atom is -0.465 e. The van der Waals surface area contributed by atoms with Crippen LogP contribution in [0.15, 0.2) is 0 Å². The number of rotatable bonds is 11. The monoisotopic (exact) mass is 260 g/mol. The second-order valence-electron chi connectivity index (χ2n) is 4.76. The topological polar surface area (TPSA) is 66.8 Å². The van der Waals surface area contributed by atoms with Crippen molar-refractivity contribution in [2.45, 2.75) is 52.4 Å². The highest BCUT2D eigenvalue weighted by molar-refractivity contribution is 5.72. The molecule has 2 unspecified atom stereocenters. The SMILES string of the molecule is CCCCC(CC)C(=O)OCCC(CO)CCO. The van der Waals surface area contributed by atoms with Crippen LogP contribution in [-0.2, 0) is 9.53 Å². The summed E-state index contributed by atoms with van der Waals surface area (Å²) in [5, 5.41) is 17.8. The standard InChI is InChI=1S/C14H28O4/c1-3-5-6-13(4-2)14(17)18-10-8-12(11-16)7-9-15/h12-13,15-16H,3-11H2,1-2H3. The van der Waals surface area contributed by atoms with Gasteiger partial charge in [-0.15, -0.1) is 0 Å². The fourth-order valence-electron chi connectivity index (χ4n) is 1.89. The summed E-state index contributed by atoms with van der Waals surface area (Å²) in [6.07, 6.45) is 5.03. The fraction of sp³-hybridized carbons (Fsp3) is 0.929. The summed E-state index contributed by atoms with van der Waals surface area (Å²) < 4.78 is 5.24. The zero-order valence-electron chi connectivity index (χ0n) is 11.7. The molecule has 0 heterocycles. The molecule has 108 valence electrons. The van der Waals surface area contributed by atoms with Crippen LogP contribution in [0, 0.1) is 11.8 Å². The van der Waals surface area contributed by atoms with Gasteiger partial charge in [-0.25, -0.2) is 0 Å². The van der Waals surface area contributed by atoms with Crippen molar-refractivity contribution in [3.05, 3.63) is 0 Å². The van der Waals surface area contributed by atoms with Gasteiger partial charge in [0.25, 0.3) is 0 Å². The molecule has 0 bridgehead atoms. The van der Waals surface area contributed by atoms with Crippen LogP contribution in [0.2, 0.25) is 0 Å². The average molecular weight is 260 g/mol. The molecule has 4 heteroatoms. The molecule has 0 fully saturated rings. The Morgan fingerprint density at radius 3 is 2.39 bits per heavy atom. The van der Waals surface area contributed by atoms with Gasteiger partial charge in [0.1, 0.15) is 0 Å². The quantitative estimate of drug-likeness (QED) is 0.558. The first kappa shape index (κ1) is 17.4. The second kappa shape index (κ2) is 11.5.